The predicted octanol–water partition coefficient (Wildman–Crippen LogP) is 3.53. The summed E-state index contributed by atoms with van der Waals surface area (Å²) in [6, 6.07) is 6.56. The van der Waals surface area contributed by atoms with Crippen molar-refractivity contribution in [1.29, 1.82) is 0 Å². The number of carbonyl (C=O) groups is 1. The van der Waals surface area contributed by atoms with Crippen LogP contribution in [-0.4, -0.2) is 5.91 Å². The van der Waals surface area contributed by atoms with Gasteiger partial charge < -0.3 is 5.32 Å². The maximum absolute atomic E-state index is 12.3. The lowest BCUT2D eigenvalue weighted by Crippen LogP contribution is -2.32. The van der Waals surface area contributed by atoms with Gasteiger partial charge in [0.15, 0.2) is 0 Å². The number of hydrogen-bond acceptors (Lipinski definition) is 1. The molecule has 19 heavy (non-hydrogen) atoms. The Balaban J connectivity index is 1.63. The van der Waals surface area contributed by atoms with Crippen LogP contribution >= 0.6 is 0 Å². The molecular weight excluding hydrogens is 234 g/mol. The summed E-state index contributed by atoms with van der Waals surface area (Å²) in [7, 11) is 0. The van der Waals surface area contributed by atoms with E-state index in [0.29, 0.717) is 0 Å². The fraction of sp³-hybridized carbons (Fsp3) is 0.588. The van der Waals surface area contributed by atoms with Crippen molar-refractivity contribution in [3.63, 3.8) is 0 Å². The Bertz CT molecular complexity index is 498. The Morgan fingerprint density at radius 3 is 2.53 bits per heavy atom. The summed E-state index contributed by atoms with van der Waals surface area (Å²) < 4.78 is 0. The van der Waals surface area contributed by atoms with Crippen molar-refractivity contribution in [3.8, 4) is 0 Å². The summed E-state index contributed by atoms with van der Waals surface area (Å²) in [4.78, 5) is 12.3. The molecule has 1 aromatic carbocycles. The van der Waals surface area contributed by atoms with Crippen LogP contribution in [0, 0.1) is 31.6 Å². The van der Waals surface area contributed by atoms with Gasteiger partial charge in [-0.1, -0.05) is 23.8 Å². The molecule has 2 nitrogen and oxygen atoms in total. The molecule has 2 aliphatic rings. The van der Waals surface area contributed by atoms with Crippen LogP contribution < -0.4 is 5.32 Å². The minimum Gasteiger partial charge on any atom is -0.349 e. The third-order valence-electron chi connectivity index (χ3n) is 4.86. The van der Waals surface area contributed by atoms with Crippen molar-refractivity contribution < 1.29 is 4.79 Å². The number of amides is 1. The molecule has 3 unspecified atom stereocenters. The second-order valence-corrected chi connectivity index (χ2v) is 6.51. The number of rotatable bonds is 3. The van der Waals surface area contributed by atoms with Crippen molar-refractivity contribution >= 4 is 5.91 Å². The largest absolute Gasteiger partial charge is 0.349 e. The van der Waals surface area contributed by atoms with Crippen LogP contribution in [0.15, 0.2) is 18.2 Å². The second-order valence-electron chi connectivity index (χ2n) is 6.51. The molecule has 2 heteroatoms. The van der Waals surface area contributed by atoms with E-state index in [1.54, 1.807) is 0 Å². The van der Waals surface area contributed by atoms with E-state index in [4.69, 9.17) is 0 Å². The van der Waals surface area contributed by atoms with Crippen LogP contribution in [0.4, 0.5) is 0 Å². The van der Waals surface area contributed by atoms with Gasteiger partial charge in [0.1, 0.15) is 0 Å². The summed E-state index contributed by atoms with van der Waals surface area (Å²) in [5, 5.41) is 3.20. The smallest absolute Gasteiger partial charge is 0.223 e. The first-order chi connectivity index (χ1) is 9.04. The first-order valence-electron chi connectivity index (χ1n) is 7.42. The molecule has 1 aromatic rings. The molecule has 0 radical (unpaired) electrons. The first-order valence-corrected chi connectivity index (χ1v) is 7.42. The molecule has 0 heterocycles. The van der Waals surface area contributed by atoms with Crippen LogP contribution in [0.1, 0.15) is 48.9 Å². The van der Waals surface area contributed by atoms with E-state index in [0.717, 1.165) is 24.7 Å². The molecule has 0 aliphatic heterocycles. The van der Waals surface area contributed by atoms with Gasteiger partial charge in [-0.05, 0) is 63.0 Å². The van der Waals surface area contributed by atoms with Crippen molar-refractivity contribution in [2.24, 2.45) is 17.8 Å². The Kier molecular flexibility index (Phi) is 3.12. The van der Waals surface area contributed by atoms with Gasteiger partial charge in [-0.25, -0.2) is 0 Å². The minimum absolute atomic E-state index is 0.116. The highest BCUT2D eigenvalue weighted by Gasteiger charge is 2.48. The summed E-state index contributed by atoms with van der Waals surface area (Å²) in [5.74, 6) is 2.27. The topological polar surface area (TPSA) is 29.1 Å². The van der Waals surface area contributed by atoms with Crippen LogP contribution in [0.2, 0.25) is 0 Å². The molecule has 2 fully saturated rings. The zero-order valence-electron chi connectivity index (χ0n) is 12.1. The maximum atomic E-state index is 12.3. The number of hydrogen-bond donors (Lipinski definition) is 1. The highest BCUT2D eigenvalue weighted by Crippen LogP contribution is 2.54. The normalized spacial score (nSPS) is 29.7. The number of nitrogens with one attached hydrogen (secondary N) is 1. The van der Waals surface area contributed by atoms with Crippen LogP contribution in [0.3, 0.4) is 0 Å². The summed E-state index contributed by atoms with van der Waals surface area (Å²) in [6.07, 6.45) is 3.61. The molecule has 0 saturated heterocycles. The molecule has 3 atom stereocenters. The van der Waals surface area contributed by atoms with Crippen molar-refractivity contribution in [3.05, 3.63) is 34.9 Å². The summed E-state index contributed by atoms with van der Waals surface area (Å²) >= 11 is 0. The fourth-order valence-electron chi connectivity index (χ4n) is 3.65. The molecule has 0 spiro atoms. The average molecular weight is 257 g/mol. The van der Waals surface area contributed by atoms with Gasteiger partial charge in [0, 0.05) is 5.92 Å². The number of carbonyl (C=O) groups excluding carboxylic acids is 1. The summed E-state index contributed by atoms with van der Waals surface area (Å²) in [5.41, 5.74) is 3.78. The third-order valence-corrected chi connectivity index (χ3v) is 4.86. The van der Waals surface area contributed by atoms with Gasteiger partial charge in [-0.3, -0.25) is 4.79 Å². The van der Waals surface area contributed by atoms with Gasteiger partial charge >= 0.3 is 0 Å². The van der Waals surface area contributed by atoms with E-state index in [-0.39, 0.29) is 17.9 Å². The molecule has 1 N–H and O–H groups in total. The van der Waals surface area contributed by atoms with E-state index >= 15 is 0 Å². The lowest BCUT2D eigenvalue weighted by atomic mass is 9.98. The number of aryl methyl sites for hydroxylation is 2. The van der Waals surface area contributed by atoms with Crippen molar-refractivity contribution in [1.82, 2.24) is 5.32 Å². The van der Waals surface area contributed by atoms with Gasteiger partial charge in [0.05, 0.1) is 6.04 Å². The first kappa shape index (κ1) is 12.7. The number of fused-ring (bicyclic) bond motifs is 1. The highest BCUT2D eigenvalue weighted by molar-refractivity contribution is 5.79. The van der Waals surface area contributed by atoms with E-state index in [1.165, 1.54) is 23.1 Å². The molecule has 1 amide bonds. The molecule has 102 valence electrons. The Morgan fingerprint density at radius 2 is 1.89 bits per heavy atom. The quantitative estimate of drug-likeness (QED) is 0.882. The number of benzene rings is 1. The Labute approximate surface area is 115 Å². The zero-order valence-corrected chi connectivity index (χ0v) is 12.1. The lowest BCUT2D eigenvalue weighted by molar-refractivity contribution is -0.125. The van der Waals surface area contributed by atoms with Crippen LogP contribution in [0.25, 0.3) is 0 Å². The van der Waals surface area contributed by atoms with Gasteiger partial charge in [0.2, 0.25) is 5.91 Å². The van der Waals surface area contributed by atoms with E-state index < -0.39 is 0 Å². The Morgan fingerprint density at radius 1 is 1.21 bits per heavy atom. The molecule has 3 rings (SSSR count). The Hall–Kier alpha value is -1.31. The standard InChI is InChI=1S/C17H23NO/c1-10-4-5-16(11(2)6-10)12(3)18-17(19)15-8-13-7-14(13)9-15/h4-6,12-15H,7-9H2,1-3H3,(H,18,19). The third kappa shape index (κ3) is 2.54. The van der Waals surface area contributed by atoms with Crippen LogP contribution in [0.5, 0.6) is 0 Å². The van der Waals surface area contributed by atoms with E-state index in [9.17, 15) is 4.79 Å². The average Bonchev–Trinajstić information content (AvgIpc) is 2.95. The maximum Gasteiger partial charge on any atom is 0.223 e. The molecule has 2 aliphatic carbocycles. The minimum atomic E-state index is 0.116. The van der Waals surface area contributed by atoms with Gasteiger partial charge in [0.25, 0.3) is 0 Å². The van der Waals surface area contributed by atoms with Crippen LogP contribution in [-0.2, 0) is 4.79 Å². The fourth-order valence-corrected chi connectivity index (χ4v) is 3.65. The van der Waals surface area contributed by atoms with Gasteiger partial charge in [-0.15, -0.1) is 0 Å². The van der Waals surface area contributed by atoms with Crippen molar-refractivity contribution in [2.45, 2.75) is 46.1 Å². The lowest BCUT2D eigenvalue weighted by Gasteiger charge is -2.20. The van der Waals surface area contributed by atoms with Gasteiger partial charge in [-0.2, -0.15) is 0 Å². The molecular formula is C17H23NO. The second kappa shape index (κ2) is 4.66. The van der Waals surface area contributed by atoms with E-state index in [2.05, 4.69) is 44.3 Å². The zero-order chi connectivity index (χ0) is 13.6. The molecule has 0 bridgehead atoms. The predicted molar refractivity (Wildman–Crippen MR) is 76.8 cm³/mol. The van der Waals surface area contributed by atoms with E-state index in [1.807, 2.05) is 0 Å². The SMILES string of the molecule is Cc1ccc(C(C)NC(=O)C2CC3CC3C2)c(C)c1. The monoisotopic (exact) mass is 257 g/mol. The summed E-state index contributed by atoms with van der Waals surface area (Å²) in [6.45, 7) is 6.31. The highest BCUT2D eigenvalue weighted by atomic mass is 16.1. The molecule has 2 saturated carbocycles. The molecule has 0 aromatic heterocycles. The van der Waals surface area contributed by atoms with Crippen molar-refractivity contribution in [2.75, 3.05) is 0 Å².